The number of aromatic nitrogens is 2. The zero-order valence-corrected chi connectivity index (χ0v) is 7.18. The highest BCUT2D eigenvalue weighted by Crippen LogP contribution is 2.45. The Morgan fingerprint density at radius 2 is 1.92 bits per heavy atom. The lowest BCUT2D eigenvalue weighted by atomic mass is 10.4. The van der Waals surface area contributed by atoms with E-state index in [2.05, 4.69) is 15.3 Å². The predicted octanol–water partition coefficient (Wildman–Crippen LogP) is 0.533. The summed E-state index contributed by atoms with van der Waals surface area (Å²) in [7, 11) is 0. The fourth-order valence-electron chi connectivity index (χ4n) is 1.98. The van der Waals surface area contributed by atoms with Crippen LogP contribution in [0.1, 0.15) is 0 Å². The van der Waals surface area contributed by atoms with E-state index in [0.29, 0.717) is 17.9 Å². The zero-order valence-electron chi connectivity index (χ0n) is 7.18. The van der Waals surface area contributed by atoms with Gasteiger partial charge in [-0.3, -0.25) is 0 Å². The van der Waals surface area contributed by atoms with Crippen molar-refractivity contribution in [3.8, 4) is 0 Å². The minimum Gasteiger partial charge on any atom is -0.381 e. The molecule has 1 saturated carbocycles. The first-order valence-corrected chi connectivity index (χ1v) is 4.56. The van der Waals surface area contributed by atoms with Gasteiger partial charge in [-0.05, 0) is 6.07 Å². The molecule has 2 aliphatic rings. The minimum absolute atomic E-state index is 0.552. The smallest absolute Gasteiger partial charge is 0.222 e. The molecule has 3 rings (SSSR count). The first kappa shape index (κ1) is 7.26. The van der Waals surface area contributed by atoms with Gasteiger partial charge in [0.05, 0.1) is 13.2 Å². The molecule has 0 unspecified atom stereocenters. The summed E-state index contributed by atoms with van der Waals surface area (Å²) in [6, 6.07) is 2.37. The van der Waals surface area contributed by atoms with Crippen LogP contribution in [0, 0.1) is 11.8 Å². The van der Waals surface area contributed by atoms with Gasteiger partial charge in [0.2, 0.25) is 5.95 Å². The average molecular weight is 177 g/mol. The normalized spacial score (nSPS) is 35.5. The fraction of sp³-hybridized carbons (Fsp3) is 0.556. The van der Waals surface area contributed by atoms with E-state index >= 15 is 0 Å². The topological polar surface area (TPSA) is 47.0 Å². The number of rotatable bonds is 2. The SMILES string of the molecule is c1cnc(NC2[C@H]3COC[C@H]23)nc1. The van der Waals surface area contributed by atoms with Crippen molar-refractivity contribution in [1.29, 1.82) is 0 Å². The van der Waals surface area contributed by atoms with Crippen LogP contribution in [0.5, 0.6) is 0 Å². The number of hydrogen-bond donors (Lipinski definition) is 1. The first-order chi connectivity index (χ1) is 6.45. The van der Waals surface area contributed by atoms with Gasteiger partial charge in [-0.25, -0.2) is 9.97 Å². The van der Waals surface area contributed by atoms with E-state index in [4.69, 9.17) is 4.74 Å². The Labute approximate surface area is 76.3 Å². The standard InChI is InChI=1S/C9H11N3O/c1-2-10-9(11-3-1)12-8-6-4-13-5-7(6)8/h1-3,6-8H,4-5H2,(H,10,11,12)/t6-,7-/m0/s1. The van der Waals surface area contributed by atoms with Crippen molar-refractivity contribution in [2.24, 2.45) is 11.8 Å². The van der Waals surface area contributed by atoms with Crippen LogP contribution in [-0.4, -0.2) is 29.2 Å². The zero-order chi connectivity index (χ0) is 8.67. The van der Waals surface area contributed by atoms with Crippen LogP contribution in [0.3, 0.4) is 0 Å². The fourth-order valence-corrected chi connectivity index (χ4v) is 1.98. The summed E-state index contributed by atoms with van der Waals surface area (Å²) in [5.74, 6) is 2.13. The summed E-state index contributed by atoms with van der Waals surface area (Å²) in [4.78, 5) is 8.25. The number of nitrogens with zero attached hydrogens (tertiary/aromatic N) is 2. The van der Waals surface area contributed by atoms with Gasteiger partial charge in [-0.2, -0.15) is 0 Å². The second kappa shape index (κ2) is 2.67. The highest BCUT2D eigenvalue weighted by Gasteiger charge is 2.54. The third kappa shape index (κ3) is 1.18. The highest BCUT2D eigenvalue weighted by molar-refractivity contribution is 5.30. The molecule has 4 nitrogen and oxygen atoms in total. The van der Waals surface area contributed by atoms with E-state index < -0.39 is 0 Å². The second-order valence-corrected chi connectivity index (χ2v) is 3.61. The Hall–Kier alpha value is -1.16. The van der Waals surface area contributed by atoms with Crippen LogP contribution in [0.25, 0.3) is 0 Å². The lowest BCUT2D eigenvalue weighted by Crippen LogP contribution is -2.14. The average Bonchev–Trinajstić information content (AvgIpc) is 2.65. The lowest BCUT2D eigenvalue weighted by molar-refractivity contribution is 0.162. The maximum Gasteiger partial charge on any atom is 0.222 e. The molecule has 4 heteroatoms. The van der Waals surface area contributed by atoms with Crippen molar-refractivity contribution in [2.75, 3.05) is 18.5 Å². The Morgan fingerprint density at radius 1 is 1.23 bits per heavy atom. The van der Waals surface area contributed by atoms with E-state index in [1.165, 1.54) is 0 Å². The summed E-state index contributed by atoms with van der Waals surface area (Å²) >= 11 is 0. The van der Waals surface area contributed by atoms with Crippen molar-refractivity contribution < 1.29 is 4.74 Å². The molecule has 0 radical (unpaired) electrons. The summed E-state index contributed by atoms with van der Waals surface area (Å²) in [5.41, 5.74) is 0. The van der Waals surface area contributed by atoms with E-state index in [9.17, 15) is 0 Å². The molecule has 1 aromatic rings. The Kier molecular flexibility index (Phi) is 1.49. The molecule has 2 fully saturated rings. The van der Waals surface area contributed by atoms with E-state index in [0.717, 1.165) is 19.2 Å². The molecular weight excluding hydrogens is 166 g/mol. The van der Waals surface area contributed by atoms with Crippen LogP contribution in [0.4, 0.5) is 5.95 Å². The van der Waals surface area contributed by atoms with Gasteiger partial charge in [0.25, 0.3) is 0 Å². The van der Waals surface area contributed by atoms with Gasteiger partial charge in [0, 0.05) is 30.3 Å². The molecule has 0 spiro atoms. The molecule has 1 aliphatic heterocycles. The summed E-state index contributed by atoms with van der Waals surface area (Å²) in [6.45, 7) is 1.80. The number of fused-ring (bicyclic) bond motifs is 1. The summed E-state index contributed by atoms with van der Waals surface area (Å²) < 4.78 is 5.29. The molecule has 0 amide bonds. The van der Waals surface area contributed by atoms with Gasteiger partial charge >= 0.3 is 0 Å². The first-order valence-electron chi connectivity index (χ1n) is 4.56. The highest BCUT2D eigenvalue weighted by atomic mass is 16.5. The maximum atomic E-state index is 5.29. The van der Waals surface area contributed by atoms with Crippen molar-refractivity contribution in [1.82, 2.24) is 9.97 Å². The van der Waals surface area contributed by atoms with Gasteiger partial charge < -0.3 is 10.1 Å². The molecular formula is C9H11N3O. The molecule has 1 aliphatic carbocycles. The third-order valence-electron chi connectivity index (χ3n) is 2.81. The molecule has 13 heavy (non-hydrogen) atoms. The molecule has 0 bridgehead atoms. The molecule has 68 valence electrons. The molecule has 1 aromatic heterocycles. The van der Waals surface area contributed by atoms with Crippen LogP contribution in [0.2, 0.25) is 0 Å². The van der Waals surface area contributed by atoms with Gasteiger partial charge in [0.15, 0.2) is 0 Å². The summed E-state index contributed by atoms with van der Waals surface area (Å²) in [5, 5.41) is 3.32. The summed E-state index contributed by atoms with van der Waals surface area (Å²) in [6.07, 6.45) is 3.51. The Balaban J connectivity index is 1.66. The van der Waals surface area contributed by atoms with Crippen LogP contribution in [-0.2, 0) is 4.74 Å². The van der Waals surface area contributed by atoms with Crippen molar-refractivity contribution in [3.63, 3.8) is 0 Å². The second-order valence-electron chi connectivity index (χ2n) is 3.61. The Bertz CT molecular complexity index is 293. The number of ether oxygens (including phenoxy) is 1. The maximum absolute atomic E-state index is 5.29. The van der Waals surface area contributed by atoms with Crippen molar-refractivity contribution in [2.45, 2.75) is 6.04 Å². The molecule has 1 saturated heterocycles. The number of hydrogen-bond acceptors (Lipinski definition) is 4. The third-order valence-corrected chi connectivity index (χ3v) is 2.81. The number of anilines is 1. The van der Waals surface area contributed by atoms with E-state index in [1.54, 1.807) is 12.4 Å². The van der Waals surface area contributed by atoms with Crippen LogP contribution in [0.15, 0.2) is 18.5 Å². The Morgan fingerprint density at radius 3 is 2.62 bits per heavy atom. The number of nitrogens with one attached hydrogen (secondary N) is 1. The van der Waals surface area contributed by atoms with Gasteiger partial charge in [-0.15, -0.1) is 0 Å². The van der Waals surface area contributed by atoms with E-state index in [-0.39, 0.29) is 0 Å². The monoisotopic (exact) mass is 177 g/mol. The van der Waals surface area contributed by atoms with Gasteiger partial charge in [-0.1, -0.05) is 0 Å². The van der Waals surface area contributed by atoms with Crippen molar-refractivity contribution >= 4 is 5.95 Å². The quantitative estimate of drug-likeness (QED) is 0.716. The van der Waals surface area contributed by atoms with Crippen LogP contribution >= 0.6 is 0 Å². The van der Waals surface area contributed by atoms with E-state index in [1.807, 2.05) is 6.07 Å². The van der Waals surface area contributed by atoms with Crippen LogP contribution < -0.4 is 5.32 Å². The predicted molar refractivity (Wildman–Crippen MR) is 47.2 cm³/mol. The van der Waals surface area contributed by atoms with Gasteiger partial charge in [0.1, 0.15) is 0 Å². The minimum atomic E-state index is 0.552. The lowest BCUT2D eigenvalue weighted by Gasteiger charge is -2.05. The molecule has 0 aromatic carbocycles. The molecule has 2 heterocycles. The van der Waals surface area contributed by atoms with Crippen molar-refractivity contribution in [3.05, 3.63) is 18.5 Å². The molecule has 1 N–H and O–H groups in total. The molecule has 2 atom stereocenters. The largest absolute Gasteiger partial charge is 0.381 e.